The smallest absolute Gasteiger partial charge is 0.347 e. The molecule has 0 spiro atoms. The van der Waals surface area contributed by atoms with Gasteiger partial charge in [-0.05, 0) is 33.8 Å². The zero-order chi connectivity index (χ0) is 17.9. The van der Waals surface area contributed by atoms with E-state index in [9.17, 15) is 9.59 Å². The maximum atomic E-state index is 12.3. The van der Waals surface area contributed by atoms with Crippen molar-refractivity contribution in [3.8, 4) is 5.88 Å². The Labute approximate surface area is 143 Å². The highest BCUT2D eigenvalue weighted by molar-refractivity contribution is 7.13. The van der Waals surface area contributed by atoms with Gasteiger partial charge in [0.1, 0.15) is 9.88 Å². The largest absolute Gasteiger partial charge is 0.477 e. The van der Waals surface area contributed by atoms with Crippen LogP contribution in [0.5, 0.6) is 5.88 Å². The van der Waals surface area contributed by atoms with Crippen LogP contribution in [-0.2, 0) is 0 Å². The maximum Gasteiger partial charge on any atom is 0.347 e. The Morgan fingerprint density at radius 2 is 2.00 bits per heavy atom. The molecule has 0 aliphatic carbocycles. The first-order valence-corrected chi connectivity index (χ1v) is 8.23. The number of hydrogen-bond donors (Lipinski definition) is 2. The van der Waals surface area contributed by atoms with E-state index in [0.717, 1.165) is 11.3 Å². The summed E-state index contributed by atoms with van der Waals surface area (Å²) in [5.74, 6) is -0.869. The predicted molar refractivity (Wildman–Crippen MR) is 89.7 cm³/mol. The first kappa shape index (κ1) is 17.9. The summed E-state index contributed by atoms with van der Waals surface area (Å²) in [6.45, 7) is 7.18. The van der Waals surface area contributed by atoms with Crippen LogP contribution in [0.15, 0.2) is 18.3 Å². The van der Waals surface area contributed by atoms with Crippen molar-refractivity contribution in [1.29, 1.82) is 0 Å². The summed E-state index contributed by atoms with van der Waals surface area (Å²) in [7, 11) is 0. The number of aromatic carboxylic acids is 1. The molecule has 2 aromatic heterocycles. The topological polar surface area (TPSA) is 101 Å². The van der Waals surface area contributed by atoms with E-state index in [0.29, 0.717) is 22.1 Å². The van der Waals surface area contributed by atoms with Crippen LogP contribution in [0.3, 0.4) is 0 Å². The van der Waals surface area contributed by atoms with E-state index >= 15 is 0 Å². The number of nitrogens with zero attached hydrogens (tertiary/aromatic N) is 2. The fraction of sp³-hybridized carbons (Fsp3) is 0.375. The summed E-state index contributed by atoms with van der Waals surface area (Å²) in [4.78, 5) is 31.8. The molecule has 2 aromatic rings. The van der Waals surface area contributed by atoms with Crippen LogP contribution >= 0.6 is 11.3 Å². The molecule has 0 saturated carbocycles. The van der Waals surface area contributed by atoms with Gasteiger partial charge in [0.05, 0.1) is 23.4 Å². The average molecular weight is 349 g/mol. The number of carboxylic acids is 1. The molecule has 0 saturated heterocycles. The van der Waals surface area contributed by atoms with E-state index in [4.69, 9.17) is 9.84 Å². The molecule has 7 nitrogen and oxygen atoms in total. The first-order chi connectivity index (χ1) is 11.3. The summed E-state index contributed by atoms with van der Waals surface area (Å²) >= 11 is 1.06. The Morgan fingerprint density at radius 1 is 1.29 bits per heavy atom. The van der Waals surface area contributed by atoms with Gasteiger partial charge >= 0.3 is 5.97 Å². The van der Waals surface area contributed by atoms with Gasteiger partial charge in [0, 0.05) is 12.3 Å². The lowest BCUT2D eigenvalue weighted by Crippen LogP contribution is -2.26. The van der Waals surface area contributed by atoms with Crippen LogP contribution < -0.4 is 10.1 Å². The Balaban J connectivity index is 2.05. The lowest BCUT2D eigenvalue weighted by atomic mass is 10.2. The Kier molecular flexibility index (Phi) is 5.50. The molecule has 0 aromatic carbocycles. The standard InChI is InChI=1S/C16H19N3O4S/c1-8(2)23-12-6-5-11(7-17-12)14(20)18-10(4)15-19-9(3)13(24-15)16(21)22/h5-8,10H,1-4H3,(H,18,20)(H,21,22). The highest BCUT2D eigenvalue weighted by Gasteiger charge is 2.19. The van der Waals surface area contributed by atoms with Crippen molar-refractivity contribution in [3.63, 3.8) is 0 Å². The minimum absolute atomic E-state index is 0.00812. The molecule has 2 heterocycles. The third kappa shape index (κ3) is 4.29. The summed E-state index contributed by atoms with van der Waals surface area (Å²) < 4.78 is 5.43. The number of nitrogens with one attached hydrogen (secondary N) is 1. The number of ether oxygens (including phenoxy) is 1. The van der Waals surface area contributed by atoms with Crippen molar-refractivity contribution in [2.45, 2.75) is 39.8 Å². The van der Waals surface area contributed by atoms with E-state index in [1.807, 2.05) is 13.8 Å². The third-order valence-corrected chi connectivity index (χ3v) is 4.41. The van der Waals surface area contributed by atoms with Crippen LogP contribution in [0.1, 0.15) is 57.5 Å². The van der Waals surface area contributed by atoms with Crippen LogP contribution in [0.25, 0.3) is 0 Å². The molecule has 1 amide bonds. The maximum absolute atomic E-state index is 12.3. The quantitative estimate of drug-likeness (QED) is 0.831. The van der Waals surface area contributed by atoms with Gasteiger partial charge in [0.25, 0.3) is 5.91 Å². The van der Waals surface area contributed by atoms with Gasteiger partial charge in [0.2, 0.25) is 5.88 Å². The van der Waals surface area contributed by atoms with Crippen LogP contribution in [0, 0.1) is 6.92 Å². The molecule has 0 bridgehead atoms. The molecule has 0 aliphatic heterocycles. The molecule has 128 valence electrons. The SMILES string of the molecule is Cc1nc(C(C)NC(=O)c2ccc(OC(C)C)nc2)sc1C(=O)O. The zero-order valence-corrected chi connectivity index (χ0v) is 14.7. The molecule has 0 radical (unpaired) electrons. The summed E-state index contributed by atoms with van der Waals surface area (Å²) in [6, 6.07) is 2.86. The van der Waals surface area contributed by atoms with Gasteiger partial charge in [-0.15, -0.1) is 11.3 Å². The number of aromatic nitrogens is 2. The van der Waals surface area contributed by atoms with Crippen molar-refractivity contribution in [2.24, 2.45) is 0 Å². The van der Waals surface area contributed by atoms with Gasteiger partial charge in [-0.2, -0.15) is 0 Å². The fourth-order valence-corrected chi connectivity index (χ4v) is 2.88. The van der Waals surface area contributed by atoms with Crippen LogP contribution in [0.2, 0.25) is 0 Å². The number of aryl methyl sites for hydroxylation is 1. The normalized spacial score (nSPS) is 12.0. The lowest BCUT2D eigenvalue weighted by Gasteiger charge is -2.12. The van der Waals surface area contributed by atoms with Crippen LogP contribution in [0.4, 0.5) is 0 Å². The van der Waals surface area contributed by atoms with Gasteiger partial charge in [-0.25, -0.2) is 14.8 Å². The highest BCUT2D eigenvalue weighted by Crippen LogP contribution is 2.23. The van der Waals surface area contributed by atoms with E-state index in [1.54, 1.807) is 26.0 Å². The Bertz CT molecular complexity index is 740. The predicted octanol–water partition coefficient (Wildman–Crippen LogP) is 2.82. The molecule has 24 heavy (non-hydrogen) atoms. The van der Waals surface area contributed by atoms with E-state index in [1.165, 1.54) is 6.20 Å². The number of carbonyl (C=O) groups is 2. The number of hydrogen-bond acceptors (Lipinski definition) is 6. The molecule has 2 N–H and O–H groups in total. The van der Waals surface area contributed by atoms with Crippen molar-refractivity contribution in [1.82, 2.24) is 15.3 Å². The minimum atomic E-state index is -1.01. The van der Waals surface area contributed by atoms with E-state index in [-0.39, 0.29) is 16.9 Å². The molecule has 1 atom stereocenters. The number of thiazole rings is 1. The molecule has 0 fully saturated rings. The molecular formula is C16H19N3O4S. The number of rotatable bonds is 6. The van der Waals surface area contributed by atoms with E-state index < -0.39 is 12.0 Å². The molecule has 0 aliphatic rings. The van der Waals surface area contributed by atoms with Crippen LogP contribution in [-0.4, -0.2) is 33.1 Å². The summed E-state index contributed by atoms with van der Waals surface area (Å²) in [5, 5.41) is 12.4. The third-order valence-electron chi connectivity index (χ3n) is 3.08. The lowest BCUT2D eigenvalue weighted by molar-refractivity contribution is 0.0700. The summed E-state index contributed by atoms with van der Waals surface area (Å²) in [5.41, 5.74) is 0.838. The summed E-state index contributed by atoms with van der Waals surface area (Å²) in [6.07, 6.45) is 1.45. The molecule has 2 rings (SSSR count). The Hall–Kier alpha value is -2.48. The number of pyridine rings is 1. The highest BCUT2D eigenvalue weighted by atomic mass is 32.1. The van der Waals surface area contributed by atoms with Gasteiger partial charge in [-0.1, -0.05) is 0 Å². The van der Waals surface area contributed by atoms with Gasteiger partial charge in [-0.3, -0.25) is 4.79 Å². The minimum Gasteiger partial charge on any atom is -0.477 e. The van der Waals surface area contributed by atoms with Gasteiger partial charge in [0.15, 0.2) is 0 Å². The van der Waals surface area contributed by atoms with Crippen molar-refractivity contribution >= 4 is 23.2 Å². The number of amides is 1. The number of carbonyl (C=O) groups excluding carboxylic acids is 1. The first-order valence-electron chi connectivity index (χ1n) is 7.42. The second-order valence-corrected chi connectivity index (χ2v) is 6.55. The molecular weight excluding hydrogens is 330 g/mol. The Morgan fingerprint density at radius 3 is 2.50 bits per heavy atom. The second-order valence-electron chi connectivity index (χ2n) is 5.52. The fourth-order valence-electron chi connectivity index (χ4n) is 1.97. The van der Waals surface area contributed by atoms with Crippen molar-refractivity contribution in [3.05, 3.63) is 39.5 Å². The van der Waals surface area contributed by atoms with E-state index in [2.05, 4.69) is 15.3 Å². The average Bonchev–Trinajstić information content (AvgIpc) is 2.89. The van der Waals surface area contributed by atoms with Gasteiger partial charge < -0.3 is 15.2 Å². The molecule has 8 heteroatoms. The second kappa shape index (κ2) is 7.39. The monoisotopic (exact) mass is 349 g/mol. The molecule has 1 unspecified atom stereocenters. The zero-order valence-electron chi connectivity index (χ0n) is 13.9. The van der Waals surface area contributed by atoms with Crippen molar-refractivity contribution in [2.75, 3.05) is 0 Å². The van der Waals surface area contributed by atoms with Crippen molar-refractivity contribution < 1.29 is 19.4 Å². The number of carboxylic acid groups (broad SMARTS) is 1.